The van der Waals surface area contributed by atoms with E-state index in [2.05, 4.69) is 95.2 Å². The van der Waals surface area contributed by atoms with Gasteiger partial charge in [0.1, 0.15) is 0 Å². The number of aryl methyl sites for hydroxylation is 1. The van der Waals surface area contributed by atoms with Crippen LogP contribution in [0, 0.1) is 0 Å². The summed E-state index contributed by atoms with van der Waals surface area (Å²) in [6, 6.07) is 16.6. The summed E-state index contributed by atoms with van der Waals surface area (Å²) in [7, 11) is 0. The third kappa shape index (κ3) is 5.57. The van der Waals surface area contributed by atoms with Gasteiger partial charge in [0, 0.05) is 59.6 Å². The van der Waals surface area contributed by atoms with E-state index in [9.17, 15) is 4.79 Å². The van der Waals surface area contributed by atoms with Crippen LogP contribution < -0.4 is 10.6 Å². The van der Waals surface area contributed by atoms with Crippen molar-refractivity contribution in [1.82, 2.24) is 25.0 Å². The zero-order valence-electron chi connectivity index (χ0n) is 23.2. The molecule has 2 aliphatic rings. The Labute approximate surface area is 222 Å². The number of nitrogens with zero attached hydrogens (tertiary/aromatic N) is 3. The zero-order chi connectivity index (χ0) is 25.9. The van der Waals surface area contributed by atoms with Crippen LogP contribution in [0.15, 0.2) is 42.5 Å². The summed E-state index contributed by atoms with van der Waals surface area (Å²) in [5.41, 5.74) is 3.92. The Morgan fingerprint density at radius 2 is 1.78 bits per heavy atom. The van der Waals surface area contributed by atoms with Gasteiger partial charge in [-0.3, -0.25) is 9.69 Å². The Bertz CT molecular complexity index is 1210. The van der Waals surface area contributed by atoms with E-state index in [1.807, 2.05) is 0 Å². The SMILES string of the molecule is CCCN1CCC(N2C[C@H](NCc3ccc4c(c3)c3ccccc3n4CC)C[C@H]2C(=O)NC(C)C)CC1. The summed E-state index contributed by atoms with van der Waals surface area (Å²) in [6.07, 6.45) is 4.42. The van der Waals surface area contributed by atoms with Crippen molar-refractivity contribution in [3.8, 4) is 0 Å². The molecule has 2 saturated heterocycles. The molecule has 0 aliphatic carbocycles. The first-order valence-corrected chi connectivity index (χ1v) is 14.5. The highest BCUT2D eigenvalue weighted by molar-refractivity contribution is 6.08. The molecule has 2 fully saturated rings. The fourth-order valence-corrected chi connectivity index (χ4v) is 6.66. The van der Waals surface area contributed by atoms with E-state index in [0.717, 1.165) is 52.0 Å². The van der Waals surface area contributed by atoms with Gasteiger partial charge in [0.05, 0.1) is 6.04 Å². The molecule has 0 spiro atoms. The zero-order valence-corrected chi connectivity index (χ0v) is 23.2. The van der Waals surface area contributed by atoms with Crippen LogP contribution in [-0.4, -0.2) is 70.6 Å². The average Bonchev–Trinajstić information content (AvgIpc) is 3.47. The Morgan fingerprint density at radius 1 is 1.03 bits per heavy atom. The van der Waals surface area contributed by atoms with Gasteiger partial charge in [0.2, 0.25) is 5.91 Å². The number of amides is 1. The van der Waals surface area contributed by atoms with E-state index in [1.54, 1.807) is 0 Å². The third-order valence-electron chi connectivity index (χ3n) is 8.39. The van der Waals surface area contributed by atoms with Crippen LogP contribution in [0.1, 0.15) is 58.9 Å². The molecule has 2 aliphatic heterocycles. The Kier molecular flexibility index (Phi) is 8.18. The van der Waals surface area contributed by atoms with Gasteiger partial charge < -0.3 is 20.1 Å². The quantitative estimate of drug-likeness (QED) is 0.443. The number of aromatic nitrogens is 1. The van der Waals surface area contributed by atoms with E-state index >= 15 is 0 Å². The molecular weight excluding hydrogens is 458 g/mol. The highest BCUT2D eigenvalue weighted by atomic mass is 16.2. The topological polar surface area (TPSA) is 52.5 Å². The summed E-state index contributed by atoms with van der Waals surface area (Å²) in [5.74, 6) is 0.198. The van der Waals surface area contributed by atoms with E-state index in [0.29, 0.717) is 12.1 Å². The first-order chi connectivity index (χ1) is 18.0. The van der Waals surface area contributed by atoms with Gasteiger partial charge in [0.15, 0.2) is 0 Å². The molecule has 1 amide bonds. The van der Waals surface area contributed by atoms with E-state index < -0.39 is 0 Å². The summed E-state index contributed by atoms with van der Waals surface area (Å²) < 4.78 is 2.40. The highest BCUT2D eigenvalue weighted by Crippen LogP contribution is 2.30. The smallest absolute Gasteiger partial charge is 0.237 e. The number of carbonyl (C=O) groups excluding carboxylic acids is 1. The standard InChI is InChI=1S/C31H45N5O/c1-5-15-34-16-13-25(14-17-34)36-21-24(19-30(36)31(37)33-22(3)4)32-20-23-11-12-29-27(18-23)26-9-7-8-10-28(26)35(29)6-2/h7-12,18,22,24-25,30,32H,5-6,13-17,19-21H2,1-4H3,(H,33,37)/t24-,30+/m1/s1. The number of rotatable bonds is 9. The molecule has 3 aromatic rings. The van der Waals surface area contributed by atoms with Gasteiger partial charge >= 0.3 is 0 Å². The lowest BCUT2D eigenvalue weighted by molar-refractivity contribution is -0.127. The highest BCUT2D eigenvalue weighted by Gasteiger charge is 2.41. The fourth-order valence-electron chi connectivity index (χ4n) is 6.66. The molecule has 0 saturated carbocycles. The molecule has 200 valence electrons. The maximum absolute atomic E-state index is 13.2. The summed E-state index contributed by atoms with van der Waals surface area (Å²) in [5, 5.41) is 9.69. The lowest BCUT2D eigenvalue weighted by Gasteiger charge is -2.39. The number of nitrogens with one attached hydrogen (secondary N) is 2. The molecule has 6 heteroatoms. The normalized spacial score (nSPS) is 22.0. The van der Waals surface area contributed by atoms with Crippen LogP contribution >= 0.6 is 0 Å². The first kappa shape index (κ1) is 26.2. The average molecular weight is 504 g/mol. The lowest BCUT2D eigenvalue weighted by Crippen LogP contribution is -2.52. The van der Waals surface area contributed by atoms with Gasteiger partial charge in [-0.2, -0.15) is 0 Å². The number of piperidine rings is 1. The molecule has 3 heterocycles. The monoisotopic (exact) mass is 503 g/mol. The molecule has 6 nitrogen and oxygen atoms in total. The molecule has 0 bridgehead atoms. The molecule has 2 atom stereocenters. The minimum absolute atomic E-state index is 0.0346. The van der Waals surface area contributed by atoms with Gasteiger partial charge in [-0.05, 0) is 89.9 Å². The van der Waals surface area contributed by atoms with Crippen molar-refractivity contribution in [2.45, 2.75) is 90.6 Å². The third-order valence-corrected chi connectivity index (χ3v) is 8.39. The van der Waals surface area contributed by atoms with E-state index in [4.69, 9.17) is 0 Å². The van der Waals surface area contributed by atoms with Crippen LogP contribution in [0.5, 0.6) is 0 Å². The minimum Gasteiger partial charge on any atom is -0.353 e. The van der Waals surface area contributed by atoms with Crippen molar-refractivity contribution < 1.29 is 4.79 Å². The van der Waals surface area contributed by atoms with E-state index in [-0.39, 0.29) is 18.0 Å². The molecule has 2 N–H and O–H groups in total. The Morgan fingerprint density at radius 3 is 2.51 bits per heavy atom. The molecule has 37 heavy (non-hydrogen) atoms. The lowest BCUT2D eigenvalue weighted by atomic mass is 10.0. The molecule has 1 aromatic heterocycles. The molecule has 0 radical (unpaired) electrons. The summed E-state index contributed by atoms with van der Waals surface area (Å²) >= 11 is 0. The molecular formula is C31H45N5O. The van der Waals surface area contributed by atoms with Gasteiger partial charge in [-0.25, -0.2) is 0 Å². The Balaban J connectivity index is 1.29. The van der Waals surface area contributed by atoms with Gasteiger partial charge in [-0.1, -0.05) is 31.2 Å². The fraction of sp³-hybridized carbons (Fsp3) is 0.581. The number of carbonyl (C=O) groups is 1. The minimum atomic E-state index is -0.0346. The number of hydrogen-bond acceptors (Lipinski definition) is 4. The maximum atomic E-state index is 13.2. The second kappa shape index (κ2) is 11.5. The predicted octanol–water partition coefficient (Wildman–Crippen LogP) is 4.75. The van der Waals surface area contributed by atoms with Gasteiger partial charge in [0.25, 0.3) is 0 Å². The Hall–Kier alpha value is -2.41. The maximum Gasteiger partial charge on any atom is 0.237 e. The van der Waals surface area contributed by atoms with Crippen LogP contribution in [0.4, 0.5) is 0 Å². The second-order valence-corrected chi connectivity index (χ2v) is 11.4. The second-order valence-electron chi connectivity index (χ2n) is 11.4. The van der Waals surface area contributed by atoms with Crippen molar-refractivity contribution >= 4 is 27.7 Å². The van der Waals surface area contributed by atoms with Crippen molar-refractivity contribution in [2.24, 2.45) is 0 Å². The molecule has 2 aromatic carbocycles. The van der Waals surface area contributed by atoms with Crippen molar-refractivity contribution in [2.75, 3.05) is 26.2 Å². The summed E-state index contributed by atoms with van der Waals surface area (Å²) in [4.78, 5) is 18.3. The number of hydrogen-bond donors (Lipinski definition) is 2. The molecule has 5 rings (SSSR count). The molecule has 0 unspecified atom stereocenters. The number of likely N-dealkylation sites (tertiary alicyclic amines) is 2. The van der Waals surface area contributed by atoms with Crippen LogP contribution in [0.3, 0.4) is 0 Å². The number of benzene rings is 2. The van der Waals surface area contributed by atoms with Crippen molar-refractivity contribution in [1.29, 1.82) is 0 Å². The largest absolute Gasteiger partial charge is 0.353 e. The van der Waals surface area contributed by atoms with E-state index in [1.165, 1.54) is 40.3 Å². The van der Waals surface area contributed by atoms with Crippen LogP contribution in [0.25, 0.3) is 21.8 Å². The van der Waals surface area contributed by atoms with Gasteiger partial charge in [-0.15, -0.1) is 0 Å². The first-order valence-electron chi connectivity index (χ1n) is 14.5. The van der Waals surface area contributed by atoms with Crippen molar-refractivity contribution in [3.63, 3.8) is 0 Å². The summed E-state index contributed by atoms with van der Waals surface area (Å²) in [6.45, 7) is 14.8. The number of fused-ring (bicyclic) bond motifs is 3. The predicted molar refractivity (Wildman–Crippen MR) is 154 cm³/mol. The van der Waals surface area contributed by atoms with Crippen LogP contribution in [0.2, 0.25) is 0 Å². The van der Waals surface area contributed by atoms with Crippen LogP contribution in [-0.2, 0) is 17.9 Å². The number of para-hydroxylation sites is 1. The van der Waals surface area contributed by atoms with Crippen molar-refractivity contribution in [3.05, 3.63) is 48.0 Å².